The third-order valence-corrected chi connectivity index (χ3v) is 3.75. The van der Waals surface area contributed by atoms with Crippen LogP contribution in [0.2, 0.25) is 0 Å². The first-order chi connectivity index (χ1) is 8.06. The van der Waals surface area contributed by atoms with Crippen LogP contribution < -0.4 is 5.73 Å². The summed E-state index contributed by atoms with van der Waals surface area (Å²) in [5.41, 5.74) is 8.62. The Labute approximate surface area is 103 Å². The molecule has 0 spiro atoms. The monoisotopic (exact) mass is 234 g/mol. The number of ether oxygens (including phenoxy) is 1. The third-order valence-electron chi connectivity index (χ3n) is 3.75. The van der Waals surface area contributed by atoms with Gasteiger partial charge in [-0.3, -0.25) is 4.98 Å². The summed E-state index contributed by atoms with van der Waals surface area (Å²) >= 11 is 0. The molecule has 1 heterocycles. The Bertz CT molecular complexity index is 390. The summed E-state index contributed by atoms with van der Waals surface area (Å²) in [6, 6.07) is 4.15. The highest BCUT2D eigenvalue weighted by atomic mass is 16.5. The average Bonchev–Trinajstić information content (AvgIpc) is 2.71. The Morgan fingerprint density at radius 1 is 1.59 bits per heavy atom. The van der Waals surface area contributed by atoms with E-state index in [9.17, 15) is 0 Å². The predicted molar refractivity (Wildman–Crippen MR) is 69.0 cm³/mol. The SMILES string of the molecule is CCOC(C)(C)C(N)C1CCc2cccnc21. The Hall–Kier alpha value is -0.930. The molecular weight excluding hydrogens is 212 g/mol. The minimum absolute atomic E-state index is 0.00130. The van der Waals surface area contributed by atoms with Gasteiger partial charge in [-0.2, -0.15) is 0 Å². The summed E-state index contributed by atoms with van der Waals surface area (Å²) in [5, 5.41) is 0. The lowest BCUT2D eigenvalue weighted by atomic mass is 9.86. The minimum Gasteiger partial charge on any atom is -0.374 e. The highest BCUT2D eigenvalue weighted by molar-refractivity contribution is 5.30. The topological polar surface area (TPSA) is 48.1 Å². The van der Waals surface area contributed by atoms with Crippen molar-refractivity contribution in [2.24, 2.45) is 5.73 Å². The van der Waals surface area contributed by atoms with Gasteiger partial charge in [0, 0.05) is 30.5 Å². The summed E-state index contributed by atoms with van der Waals surface area (Å²) in [4.78, 5) is 4.50. The quantitative estimate of drug-likeness (QED) is 0.869. The molecule has 0 amide bonds. The van der Waals surface area contributed by atoms with E-state index in [0.29, 0.717) is 12.5 Å². The number of pyridine rings is 1. The van der Waals surface area contributed by atoms with Crippen molar-refractivity contribution >= 4 is 0 Å². The number of aromatic nitrogens is 1. The lowest BCUT2D eigenvalue weighted by Gasteiger charge is -2.35. The van der Waals surface area contributed by atoms with E-state index < -0.39 is 0 Å². The van der Waals surface area contributed by atoms with Crippen molar-refractivity contribution in [1.29, 1.82) is 0 Å². The van der Waals surface area contributed by atoms with Crippen molar-refractivity contribution in [3.05, 3.63) is 29.6 Å². The van der Waals surface area contributed by atoms with Gasteiger partial charge in [-0.25, -0.2) is 0 Å². The molecule has 1 aliphatic rings. The van der Waals surface area contributed by atoms with E-state index in [0.717, 1.165) is 12.8 Å². The van der Waals surface area contributed by atoms with Gasteiger partial charge < -0.3 is 10.5 Å². The zero-order valence-corrected chi connectivity index (χ0v) is 10.9. The van der Waals surface area contributed by atoms with Gasteiger partial charge in [0.05, 0.1) is 5.60 Å². The number of rotatable bonds is 4. The standard InChI is InChI=1S/C14H22N2O/c1-4-17-14(2,3)13(15)11-8-7-10-6-5-9-16-12(10)11/h5-6,9,11,13H,4,7-8,15H2,1-3H3. The van der Waals surface area contributed by atoms with E-state index in [1.54, 1.807) is 0 Å². The molecule has 3 nitrogen and oxygen atoms in total. The van der Waals surface area contributed by atoms with Crippen molar-refractivity contribution in [2.75, 3.05) is 6.61 Å². The molecule has 1 aromatic heterocycles. The zero-order chi connectivity index (χ0) is 12.5. The predicted octanol–water partition coefficient (Wildman–Crippen LogP) is 2.25. The van der Waals surface area contributed by atoms with Crippen LogP contribution in [0.25, 0.3) is 0 Å². The normalized spacial score (nSPS) is 21.3. The summed E-state index contributed by atoms with van der Waals surface area (Å²) in [5.74, 6) is 0.327. The zero-order valence-electron chi connectivity index (χ0n) is 10.9. The van der Waals surface area contributed by atoms with E-state index >= 15 is 0 Å². The molecule has 1 aromatic rings. The molecule has 2 N–H and O–H groups in total. The van der Waals surface area contributed by atoms with Gasteiger partial charge in [0.1, 0.15) is 0 Å². The Balaban J connectivity index is 2.20. The van der Waals surface area contributed by atoms with E-state index in [-0.39, 0.29) is 11.6 Å². The fourth-order valence-corrected chi connectivity index (χ4v) is 2.75. The van der Waals surface area contributed by atoms with Crippen molar-refractivity contribution in [1.82, 2.24) is 4.98 Å². The smallest absolute Gasteiger partial charge is 0.0783 e. The molecule has 0 fully saturated rings. The number of fused-ring (bicyclic) bond motifs is 1. The molecule has 94 valence electrons. The highest BCUT2D eigenvalue weighted by Gasteiger charge is 2.38. The first kappa shape index (κ1) is 12.5. The largest absolute Gasteiger partial charge is 0.374 e. The number of nitrogens with two attached hydrogens (primary N) is 1. The highest BCUT2D eigenvalue weighted by Crippen LogP contribution is 2.37. The third kappa shape index (κ3) is 2.35. The maximum absolute atomic E-state index is 6.39. The molecule has 0 aliphatic heterocycles. The Kier molecular flexibility index (Phi) is 3.50. The number of hydrogen-bond acceptors (Lipinski definition) is 3. The molecule has 3 heteroatoms. The maximum atomic E-state index is 6.39. The first-order valence-corrected chi connectivity index (χ1v) is 6.39. The molecule has 2 atom stereocenters. The summed E-state index contributed by atoms with van der Waals surface area (Å²) < 4.78 is 5.77. The molecule has 0 bridgehead atoms. The lowest BCUT2D eigenvalue weighted by molar-refractivity contribution is -0.0352. The number of aryl methyl sites for hydroxylation is 1. The van der Waals surface area contributed by atoms with Crippen LogP contribution in [0.1, 0.15) is 44.4 Å². The summed E-state index contributed by atoms with van der Waals surface area (Å²) in [7, 11) is 0. The molecule has 2 rings (SSSR count). The second-order valence-electron chi connectivity index (χ2n) is 5.26. The molecule has 0 radical (unpaired) electrons. The van der Waals surface area contributed by atoms with Crippen LogP contribution in [0.4, 0.5) is 0 Å². The molecule has 0 saturated carbocycles. The van der Waals surface area contributed by atoms with Crippen molar-refractivity contribution in [2.45, 2.75) is 51.2 Å². The Morgan fingerprint density at radius 3 is 3.06 bits per heavy atom. The van der Waals surface area contributed by atoms with Crippen LogP contribution in [0.15, 0.2) is 18.3 Å². The van der Waals surface area contributed by atoms with E-state index in [1.165, 1.54) is 11.3 Å². The van der Waals surface area contributed by atoms with Gasteiger partial charge in [0.25, 0.3) is 0 Å². The molecule has 0 saturated heterocycles. The van der Waals surface area contributed by atoms with Gasteiger partial charge in [-0.1, -0.05) is 6.07 Å². The van der Waals surface area contributed by atoms with Crippen LogP contribution in [-0.2, 0) is 11.2 Å². The molecule has 1 aliphatic carbocycles. The maximum Gasteiger partial charge on any atom is 0.0783 e. The summed E-state index contributed by atoms with van der Waals surface area (Å²) in [6.07, 6.45) is 4.03. The van der Waals surface area contributed by atoms with Crippen LogP contribution in [0.5, 0.6) is 0 Å². The second kappa shape index (κ2) is 4.75. The number of hydrogen-bond donors (Lipinski definition) is 1. The van der Waals surface area contributed by atoms with Crippen LogP contribution in [-0.4, -0.2) is 23.2 Å². The van der Waals surface area contributed by atoms with E-state index in [1.807, 2.05) is 19.2 Å². The molecule has 0 aromatic carbocycles. The fourth-order valence-electron chi connectivity index (χ4n) is 2.75. The van der Waals surface area contributed by atoms with E-state index in [2.05, 4.69) is 24.9 Å². The van der Waals surface area contributed by atoms with Crippen LogP contribution in [0, 0.1) is 0 Å². The number of nitrogens with zero attached hydrogens (tertiary/aromatic N) is 1. The minimum atomic E-state index is -0.293. The van der Waals surface area contributed by atoms with Gasteiger partial charge >= 0.3 is 0 Å². The van der Waals surface area contributed by atoms with Crippen LogP contribution in [0.3, 0.4) is 0 Å². The van der Waals surface area contributed by atoms with Gasteiger partial charge in [-0.05, 0) is 45.2 Å². The Morgan fingerprint density at radius 2 is 2.35 bits per heavy atom. The molecule has 17 heavy (non-hydrogen) atoms. The van der Waals surface area contributed by atoms with Gasteiger partial charge in [0.2, 0.25) is 0 Å². The van der Waals surface area contributed by atoms with Crippen molar-refractivity contribution < 1.29 is 4.74 Å². The van der Waals surface area contributed by atoms with Crippen LogP contribution >= 0.6 is 0 Å². The van der Waals surface area contributed by atoms with Crippen molar-refractivity contribution in [3.8, 4) is 0 Å². The van der Waals surface area contributed by atoms with E-state index in [4.69, 9.17) is 10.5 Å². The first-order valence-electron chi connectivity index (χ1n) is 6.39. The average molecular weight is 234 g/mol. The fraction of sp³-hybridized carbons (Fsp3) is 0.643. The molecule has 2 unspecified atom stereocenters. The lowest BCUT2D eigenvalue weighted by Crippen LogP contribution is -2.48. The second-order valence-corrected chi connectivity index (χ2v) is 5.26. The van der Waals surface area contributed by atoms with Gasteiger partial charge in [0.15, 0.2) is 0 Å². The van der Waals surface area contributed by atoms with Gasteiger partial charge in [-0.15, -0.1) is 0 Å². The van der Waals surface area contributed by atoms with Crippen molar-refractivity contribution in [3.63, 3.8) is 0 Å². The molecular formula is C14H22N2O. The summed E-state index contributed by atoms with van der Waals surface area (Å²) in [6.45, 7) is 6.85.